The van der Waals surface area contributed by atoms with Gasteiger partial charge in [-0.3, -0.25) is 4.79 Å². The zero-order valence-corrected chi connectivity index (χ0v) is 14.1. The molecule has 0 aromatic heterocycles. The number of hydrogen-bond acceptors (Lipinski definition) is 3. The molecular weight excluding hydrogens is 362 g/mol. The maximum Gasteiger partial charge on any atom is 0.417 e. The van der Waals surface area contributed by atoms with Gasteiger partial charge in [-0.2, -0.15) is 18.4 Å². The van der Waals surface area contributed by atoms with Gasteiger partial charge >= 0.3 is 6.18 Å². The van der Waals surface area contributed by atoms with Gasteiger partial charge in [0, 0.05) is 18.8 Å². The Morgan fingerprint density at radius 3 is 2.52 bits per heavy atom. The molecule has 1 aliphatic heterocycles. The lowest BCUT2D eigenvalue weighted by atomic mass is 10.1. The van der Waals surface area contributed by atoms with Gasteiger partial charge in [-0.25, -0.2) is 4.39 Å². The van der Waals surface area contributed by atoms with Crippen LogP contribution in [0, 0.1) is 17.1 Å². The number of rotatable bonds is 4. The summed E-state index contributed by atoms with van der Waals surface area (Å²) >= 11 is 0. The molecule has 0 bridgehead atoms. The van der Waals surface area contributed by atoms with Gasteiger partial charge in [-0.05, 0) is 42.3 Å². The molecule has 0 radical (unpaired) electrons. The van der Waals surface area contributed by atoms with E-state index in [1.807, 2.05) is 0 Å². The van der Waals surface area contributed by atoms with Gasteiger partial charge in [0.15, 0.2) is 0 Å². The summed E-state index contributed by atoms with van der Waals surface area (Å²) in [6.45, 7) is 0.745. The molecule has 140 valence electrons. The molecule has 27 heavy (non-hydrogen) atoms. The Balaban J connectivity index is 1.71. The highest BCUT2D eigenvalue weighted by atomic mass is 19.4. The fourth-order valence-electron chi connectivity index (χ4n) is 3.01. The number of carbonyl (C=O) groups is 1. The van der Waals surface area contributed by atoms with Crippen LogP contribution in [0.4, 0.5) is 23.2 Å². The highest BCUT2D eigenvalue weighted by molar-refractivity contribution is 5.86. The number of benzene rings is 2. The number of nitriles is 1. The standard InChI is InChI=1S/C19H15F4N3O/c20-14-4-1-12(2-5-14)11-26-8-7-17(18(26)27)25-15-6-3-13(10-24)16(9-15)19(21,22)23/h1-6,9,17,25H,7-8,11H2. The van der Waals surface area contributed by atoms with Crippen molar-refractivity contribution >= 4 is 11.6 Å². The Kier molecular flexibility index (Phi) is 5.04. The zero-order valence-electron chi connectivity index (χ0n) is 14.1. The minimum atomic E-state index is -4.66. The molecule has 1 N–H and O–H groups in total. The van der Waals surface area contributed by atoms with Crippen molar-refractivity contribution in [1.29, 1.82) is 5.26 Å². The van der Waals surface area contributed by atoms with E-state index in [2.05, 4.69) is 5.32 Å². The zero-order chi connectivity index (χ0) is 19.6. The first-order chi connectivity index (χ1) is 12.8. The van der Waals surface area contributed by atoms with Crippen LogP contribution in [0.25, 0.3) is 0 Å². The summed E-state index contributed by atoms with van der Waals surface area (Å²) in [6, 6.07) is 9.92. The molecule has 1 fully saturated rings. The Bertz CT molecular complexity index is 887. The van der Waals surface area contributed by atoms with E-state index < -0.39 is 23.3 Å². The third-order valence-electron chi connectivity index (χ3n) is 4.37. The first-order valence-electron chi connectivity index (χ1n) is 8.19. The van der Waals surface area contributed by atoms with Crippen molar-refractivity contribution in [3.05, 3.63) is 65.0 Å². The van der Waals surface area contributed by atoms with Crippen LogP contribution in [0.1, 0.15) is 23.1 Å². The molecule has 1 saturated heterocycles. The van der Waals surface area contributed by atoms with E-state index in [0.29, 0.717) is 19.5 Å². The van der Waals surface area contributed by atoms with Gasteiger partial charge in [-0.15, -0.1) is 0 Å². The average molecular weight is 377 g/mol. The van der Waals surface area contributed by atoms with Crippen molar-refractivity contribution in [1.82, 2.24) is 4.90 Å². The summed E-state index contributed by atoms with van der Waals surface area (Å²) in [4.78, 5) is 14.1. The largest absolute Gasteiger partial charge is 0.417 e. The lowest BCUT2D eigenvalue weighted by Crippen LogP contribution is -2.33. The Morgan fingerprint density at radius 1 is 1.19 bits per heavy atom. The molecule has 3 rings (SSSR count). The quantitative estimate of drug-likeness (QED) is 0.822. The third-order valence-corrected chi connectivity index (χ3v) is 4.37. The molecule has 0 spiro atoms. The molecule has 8 heteroatoms. The van der Waals surface area contributed by atoms with Gasteiger partial charge in [0.2, 0.25) is 5.91 Å². The lowest BCUT2D eigenvalue weighted by molar-refractivity contribution is -0.137. The summed E-state index contributed by atoms with van der Waals surface area (Å²) in [5.74, 6) is -0.607. The van der Waals surface area contributed by atoms with Crippen LogP contribution in [0.3, 0.4) is 0 Å². The Hall–Kier alpha value is -3.08. The molecule has 2 aromatic rings. The van der Waals surface area contributed by atoms with Gasteiger partial charge in [0.05, 0.1) is 17.2 Å². The summed E-state index contributed by atoms with van der Waals surface area (Å²) < 4.78 is 52.1. The normalized spacial score (nSPS) is 17.1. The third kappa shape index (κ3) is 4.19. The van der Waals surface area contributed by atoms with E-state index in [0.717, 1.165) is 17.7 Å². The molecule has 0 saturated carbocycles. The summed E-state index contributed by atoms with van der Waals surface area (Å²) in [5, 5.41) is 11.7. The number of likely N-dealkylation sites (tertiary alicyclic amines) is 1. The summed E-state index contributed by atoms with van der Waals surface area (Å²) in [5.41, 5.74) is -0.612. The van der Waals surface area contributed by atoms with Gasteiger partial charge in [0.1, 0.15) is 11.9 Å². The van der Waals surface area contributed by atoms with Crippen molar-refractivity contribution < 1.29 is 22.4 Å². The van der Waals surface area contributed by atoms with Crippen molar-refractivity contribution in [3.63, 3.8) is 0 Å². The van der Waals surface area contributed by atoms with Crippen molar-refractivity contribution in [2.75, 3.05) is 11.9 Å². The van der Waals surface area contributed by atoms with Crippen LogP contribution in [-0.4, -0.2) is 23.4 Å². The number of amides is 1. The molecule has 1 amide bonds. The molecule has 2 aromatic carbocycles. The predicted octanol–water partition coefficient (Wildman–Crippen LogP) is 3.93. The number of carbonyl (C=O) groups excluding carboxylic acids is 1. The maximum atomic E-state index is 13.1. The molecule has 4 nitrogen and oxygen atoms in total. The van der Waals surface area contributed by atoms with Crippen LogP contribution in [0.15, 0.2) is 42.5 Å². The molecule has 1 heterocycles. The van der Waals surface area contributed by atoms with Gasteiger partial charge < -0.3 is 10.2 Å². The van der Waals surface area contributed by atoms with E-state index in [1.165, 1.54) is 24.3 Å². The minimum absolute atomic E-state index is 0.128. The number of anilines is 1. The van der Waals surface area contributed by atoms with Crippen LogP contribution in [-0.2, 0) is 17.5 Å². The molecule has 1 aliphatic rings. The maximum absolute atomic E-state index is 13.1. The molecular formula is C19H15F4N3O. The molecule has 1 atom stereocenters. The second-order valence-electron chi connectivity index (χ2n) is 6.24. The van der Waals surface area contributed by atoms with Crippen LogP contribution in [0.5, 0.6) is 0 Å². The minimum Gasteiger partial charge on any atom is -0.374 e. The van der Waals surface area contributed by atoms with Crippen molar-refractivity contribution in [2.24, 2.45) is 0 Å². The number of nitrogens with zero attached hydrogens (tertiary/aromatic N) is 2. The Morgan fingerprint density at radius 2 is 1.89 bits per heavy atom. The average Bonchev–Trinajstić information content (AvgIpc) is 2.96. The van der Waals surface area contributed by atoms with E-state index >= 15 is 0 Å². The fraction of sp³-hybridized carbons (Fsp3) is 0.263. The van der Waals surface area contributed by atoms with Crippen molar-refractivity contribution in [3.8, 4) is 6.07 Å². The number of nitrogens with one attached hydrogen (secondary N) is 1. The SMILES string of the molecule is N#Cc1ccc(NC2CCN(Cc3ccc(F)cc3)C2=O)cc1C(F)(F)F. The van der Waals surface area contributed by atoms with E-state index in [4.69, 9.17) is 5.26 Å². The highest BCUT2D eigenvalue weighted by Gasteiger charge is 2.35. The van der Waals surface area contributed by atoms with E-state index in [1.54, 1.807) is 17.0 Å². The molecule has 0 aliphatic carbocycles. The number of hydrogen-bond donors (Lipinski definition) is 1. The first-order valence-corrected chi connectivity index (χ1v) is 8.19. The second-order valence-corrected chi connectivity index (χ2v) is 6.24. The van der Waals surface area contributed by atoms with Gasteiger partial charge in [-0.1, -0.05) is 12.1 Å². The van der Waals surface area contributed by atoms with E-state index in [9.17, 15) is 22.4 Å². The van der Waals surface area contributed by atoms with Gasteiger partial charge in [0.25, 0.3) is 0 Å². The number of alkyl halides is 3. The smallest absolute Gasteiger partial charge is 0.374 e. The Labute approximate surface area is 153 Å². The monoisotopic (exact) mass is 377 g/mol. The van der Waals surface area contributed by atoms with Crippen LogP contribution >= 0.6 is 0 Å². The predicted molar refractivity (Wildman–Crippen MR) is 90.0 cm³/mol. The molecule has 1 unspecified atom stereocenters. The lowest BCUT2D eigenvalue weighted by Gasteiger charge is -2.18. The topological polar surface area (TPSA) is 56.1 Å². The summed E-state index contributed by atoms with van der Waals surface area (Å²) in [7, 11) is 0. The number of halogens is 4. The second kappa shape index (κ2) is 7.27. The van der Waals surface area contributed by atoms with Crippen LogP contribution < -0.4 is 5.32 Å². The first kappa shape index (κ1) is 18.7. The summed E-state index contributed by atoms with van der Waals surface area (Å²) in [6.07, 6.45) is -4.22. The van der Waals surface area contributed by atoms with Crippen molar-refractivity contribution in [2.45, 2.75) is 25.2 Å². The highest BCUT2D eigenvalue weighted by Crippen LogP contribution is 2.34. The van der Waals surface area contributed by atoms with Crippen LogP contribution in [0.2, 0.25) is 0 Å². The van der Waals surface area contributed by atoms with E-state index in [-0.39, 0.29) is 17.4 Å². The fourth-order valence-corrected chi connectivity index (χ4v) is 3.01.